The molecule has 2 aliphatic rings. The van der Waals surface area contributed by atoms with E-state index >= 15 is 0 Å². The van der Waals surface area contributed by atoms with Gasteiger partial charge < -0.3 is 9.47 Å². The Morgan fingerprint density at radius 2 is 2.15 bits per heavy atom. The number of aromatic nitrogens is 2. The average molecular weight is 440 g/mol. The lowest BCUT2D eigenvalue weighted by molar-refractivity contribution is 0.0535. The summed E-state index contributed by atoms with van der Waals surface area (Å²) in [5.74, 6) is 3.76. The normalized spacial score (nSPS) is 14.9. The highest BCUT2D eigenvalue weighted by molar-refractivity contribution is 5.93. The zero-order valence-electron chi connectivity index (χ0n) is 18.9. The summed E-state index contributed by atoms with van der Waals surface area (Å²) in [5, 5.41) is 0. The summed E-state index contributed by atoms with van der Waals surface area (Å²) in [4.78, 5) is 23.7. The van der Waals surface area contributed by atoms with Crippen LogP contribution in [0.4, 0.5) is 0 Å². The molecule has 5 rings (SSSR count). The first kappa shape index (κ1) is 21.2. The lowest BCUT2D eigenvalue weighted by atomic mass is 9.96. The standard InChI is InChI=1S/C27H25N3O3/c1-4-18-5-6-20(13-25(18)32-3)26-28-14-21-15-30(12-10-24(21)29-26)11-9-19-7-8-22-23(17(19)2)16-33-27(22)31/h1,5-8,13-14H,9-12,15-16H2,2-3H3. The lowest BCUT2D eigenvalue weighted by Crippen LogP contribution is -2.33. The SMILES string of the molecule is C#Cc1ccc(-c2ncc3c(n2)CCN(CCc2ccc4c(c2C)COC4=O)C3)cc1OC. The number of methoxy groups -OCH3 is 1. The molecule has 0 saturated heterocycles. The van der Waals surface area contributed by atoms with Gasteiger partial charge in [0.2, 0.25) is 0 Å². The van der Waals surface area contributed by atoms with E-state index in [9.17, 15) is 4.79 Å². The third-order valence-corrected chi connectivity index (χ3v) is 6.60. The Labute approximate surface area is 193 Å². The Morgan fingerprint density at radius 3 is 2.97 bits per heavy atom. The van der Waals surface area contributed by atoms with Gasteiger partial charge in [0.25, 0.3) is 0 Å². The molecule has 0 radical (unpaired) electrons. The number of hydrogen-bond acceptors (Lipinski definition) is 6. The second kappa shape index (κ2) is 8.68. The first-order valence-electron chi connectivity index (χ1n) is 11.1. The summed E-state index contributed by atoms with van der Waals surface area (Å²) in [6.07, 6.45) is 9.29. The number of ether oxygens (including phenoxy) is 2. The van der Waals surface area contributed by atoms with Crippen molar-refractivity contribution in [3.05, 3.63) is 75.6 Å². The van der Waals surface area contributed by atoms with Crippen LogP contribution in [-0.4, -0.2) is 41.0 Å². The van der Waals surface area contributed by atoms with E-state index in [-0.39, 0.29) is 5.97 Å². The van der Waals surface area contributed by atoms with Gasteiger partial charge in [-0.25, -0.2) is 14.8 Å². The number of rotatable bonds is 5. The quantitative estimate of drug-likeness (QED) is 0.446. The zero-order chi connectivity index (χ0) is 22.9. The highest BCUT2D eigenvalue weighted by Gasteiger charge is 2.24. The predicted octanol–water partition coefficient (Wildman–Crippen LogP) is 3.71. The van der Waals surface area contributed by atoms with E-state index in [2.05, 4.69) is 28.8 Å². The average Bonchev–Trinajstić information content (AvgIpc) is 3.24. The number of cyclic esters (lactones) is 1. The minimum absolute atomic E-state index is 0.211. The van der Waals surface area contributed by atoms with Crippen LogP contribution in [0.25, 0.3) is 11.4 Å². The minimum atomic E-state index is -0.211. The van der Waals surface area contributed by atoms with Crippen LogP contribution in [-0.2, 0) is 30.7 Å². The van der Waals surface area contributed by atoms with Gasteiger partial charge in [0, 0.05) is 48.9 Å². The molecule has 0 bridgehead atoms. The van der Waals surface area contributed by atoms with Gasteiger partial charge >= 0.3 is 5.97 Å². The predicted molar refractivity (Wildman–Crippen MR) is 125 cm³/mol. The van der Waals surface area contributed by atoms with Crippen molar-refractivity contribution in [2.45, 2.75) is 32.9 Å². The highest BCUT2D eigenvalue weighted by Crippen LogP contribution is 2.28. The van der Waals surface area contributed by atoms with Crippen LogP contribution in [0.3, 0.4) is 0 Å². The van der Waals surface area contributed by atoms with E-state index in [4.69, 9.17) is 20.9 Å². The Balaban J connectivity index is 1.28. The van der Waals surface area contributed by atoms with Crippen molar-refractivity contribution in [2.75, 3.05) is 20.2 Å². The first-order chi connectivity index (χ1) is 16.1. The summed E-state index contributed by atoms with van der Waals surface area (Å²) < 4.78 is 10.6. The molecule has 3 heterocycles. The maximum Gasteiger partial charge on any atom is 0.338 e. The van der Waals surface area contributed by atoms with E-state index in [0.717, 1.165) is 49.3 Å². The van der Waals surface area contributed by atoms with E-state index in [1.54, 1.807) is 7.11 Å². The van der Waals surface area contributed by atoms with Crippen molar-refractivity contribution in [1.82, 2.24) is 14.9 Å². The molecule has 166 valence electrons. The second-order valence-electron chi connectivity index (χ2n) is 8.45. The van der Waals surface area contributed by atoms with Crippen molar-refractivity contribution in [3.8, 4) is 29.5 Å². The van der Waals surface area contributed by atoms with Gasteiger partial charge in [-0.05, 0) is 48.7 Å². The number of carbonyl (C=O) groups excluding carboxylic acids is 1. The van der Waals surface area contributed by atoms with Crippen molar-refractivity contribution < 1.29 is 14.3 Å². The molecule has 2 aliphatic heterocycles. The molecule has 0 atom stereocenters. The Kier molecular flexibility index (Phi) is 5.57. The molecule has 3 aromatic rings. The van der Waals surface area contributed by atoms with Crippen molar-refractivity contribution in [3.63, 3.8) is 0 Å². The van der Waals surface area contributed by atoms with E-state index in [1.807, 2.05) is 30.5 Å². The van der Waals surface area contributed by atoms with Gasteiger partial charge in [0.1, 0.15) is 12.4 Å². The van der Waals surface area contributed by atoms with Gasteiger partial charge in [-0.15, -0.1) is 6.42 Å². The third-order valence-electron chi connectivity index (χ3n) is 6.60. The molecule has 0 unspecified atom stereocenters. The summed E-state index contributed by atoms with van der Waals surface area (Å²) >= 11 is 0. The van der Waals surface area contributed by atoms with Gasteiger partial charge in [-0.3, -0.25) is 4.90 Å². The first-order valence-corrected chi connectivity index (χ1v) is 11.1. The monoisotopic (exact) mass is 439 g/mol. The molecule has 0 N–H and O–H groups in total. The number of fused-ring (bicyclic) bond motifs is 2. The van der Waals surface area contributed by atoms with Crippen LogP contribution in [0.15, 0.2) is 36.5 Å². The summed E-state index contributed by atoms with van der Waals surface area (Å²) in [6.45, 7) is 5.21. The number of terminal acetylenes is 1. The molecule has 33 heavy (non-hydrogen) atoms. The van der Waals surface area contributed by atoms with Crippen LogP contribution in [0.1, 0.15) is 43.9 Å². The van der Waals surface area contributed by atoms with Crippen LogP contribution >= 0.6 is 0 Å². The fraction of sp³-hybridized carbons (Fsp3) is 0.296. The van der Waals surface area contributed by atoms with Crippen LogP contribution in [0, 0.1) is 19.3 Å². The molecule has 1 aromatic heterocycles. The minimum Gasteiger partial charge on any atom is -0.495 e. The molecule has 2 aromatic carbocycles. The molecule has 0 aliphatic carbocycles. The highest BCUT2D eigenvalue weighted by atomic mass is 16.5. The lowest BCUT2D eigenvalue weighted by Gasteiger charge is -2.28. The van der Waals surface area contributed by atoms with Crippen molar-refractivity contribution in [1.29, 1.82) is 0 Å². The van der Waals surface area contributed by atoms with Crippen molar-refractivity contribution in [2.24, 2.45) is 0 Å². The second-order valence-corrected chi connectivity index (χ2v) is 8.45. The van der Waals surface area contributed by atoms with E-state index < -0.39 is 0 Å². The number of nitrogens with zero attached hydrogens (tertiary/aromatic N) is 3. The van der Waals surface area contributed by atoms with Crippen molar-refractivity contribution >= 4 is 5.97 Å². The summed E-state index contributed by atoms with van der Waals surface area (Å²) in [7, 11) is 1.61. The largest absolute Gasteiger partial charge is 0.495 e. The maximum absolute atomic E-state index is 11.8. The molecule has 0 fully saturated rings. The fourth-order valence-corrected chi connectivity index (χ4v) is 4.60. The number of hydrogen-bond donors (Lipinski definition) is 0. The van der Waals surface area contributed by atoms with Gasteiger partial charge in [0.05, 0.1) is 23.9 Å². The summed E-state index contributed by atoms with van der Waals surface area (Å²) in [6, 6.07) is 9.66. The molecular formula is C27H25N3O3. The Bertz CT molecular complexity index is 1290. The number of esters is 1. The van der Waals surface area contributed by atoms with E-state index in [0.29, 0.717) is 29.3 Å². The number of carbonyl (C=O) groups is 1. The molecule has 6 heteroatoms. The zero-order valence-corrected chi connectivity index (χ0v) is 18.9. The van der Waals surface area contributed by atoms with E-state index in [1.165, 1.54) is 16.7 Å². The molecule has 6 nitrogen and oxygen atoms in total. The summed E-state index contributed by atoms with van der Waals surface area (Å²) in [5.41, 5.74) is 8.07. The smallest absolute Gasteiger partial charge is 0.338 e. The Hall–Kier alpha value is -3.69. The van der Waals surface area contributed by atoms with Gasteiger partial charge in [-0.1, -0.05) is 12.0 Å². The number of benzene rings is 2. The molecule has 0 spiro atoms. The Morgan fingerprint density at radius 1 is 1.27 bits per heavy atom. The van der Waals surface area contributed by atoms with Crippen LogP contribution < -0.4 is 4.74 Å². The fourth-order valence-electron chi connectivity index (χ4n) is 4.60. The van der Waals surface area contributed by atoms with Gasteiger partial charge in [-0.2, -0.15) is 0 Å². The topological polar surface area (TPSA) is 64.5 Å². The molecular weight excluding hydrogens is 414 g/mol. The van der Waals surface area contributed by atoms with Crippen LogP contribution in [0.5, 0.6) is 5.75 Å². The maximum atomic E-state index is 11.8. The third kappa shape index (κ3) is 3.96. The van der Waals surface area contributed by atoms with Gasteiger partial charge in [0.15, 0.2) is 5.82 Å². The molecule has 0 amide bonds. The molecule has 0 saturated carbocycles. The van der Waals surface area contributed by atoms with Crippen LogP contribution in [0.2, 0.25) is 0 Å².